The Morgan fingerprint density at radius 1 is 1.20 bits per heavy atom. The third-order valence-electron chi connectivity index (χ3n) is 2.02. The second-order valence-corrected chi connectivity index (χ2v) is 4.87. The maximum atomic E-state index is 11.5. The van der Waals surface area contributed by atoms with E-state index in [1.807, 2.05) is 0 Å². The summed E-state index contributed by atoms with van der Waals surface area (Å²) < 4.78 is 0.693. The standard InChI is InChI=1S/C11H11BrClN3O4/c12-7-2-1-6(3-8(7)13)16-11(20)15-4-9(17)14-5-10(18)19/h1-3H,4-5H2,(H,14,17)(H,18,19)(H2,15,16,20). The van der Waals surface area contributed by atoms with Crippen molar-refractivity contribution in [3.8, 4) is 0 Å². The average molecular weight is 365 g/mol. The number of rotatable bonds is 5. The van der Waals surface area contributed by atoms with Crippen LogP contribution < -0.4 is 16.0 Å². The highest BCUT2D eigenvalue weighted by molar-refractivity contribution is 9.10. The molecule has 0 aromatic heterocycles. The van der Waals surface area contributed by atoms with Crippen LogP contribution in [0.15, 0.2) is 22.7 Å². The molecule has 108 valence electrons. The molecule has 0 fully saturated rings. The van der Waals surface area contributed by atoms with Crippen LogP contribution >= 0.6 is 27.5 Å². The Balaban J connectivity index is 2.38. The van der Waals surface area contributed by atoms with Gasteiger partial charge in [0.1, 0.15) is 6.54 Å². The molecule has 0 atom stereocenters. The summed E-state index contributed by atoms with van der Waals surface area (Å²) in [5.41, 5.74) is 0.460. The number of hydrogen-bond donors (Lipinski definition) is 4. The summed E-state index contributed by atoms with van der Waals surface area (Å²) in [6, 6.07) is 4.22. The van der Waals surface area contributed by atoms with Gasteiger partial charge in [0.15, 0.2) is 0 Å². The van der Waals surface area contributed by atoms with Crippen molar-refractivity contribution in [1.82, 2.24) is 10.6 Å². The van der Waals surface area contributed by atoms with Crippen molar-refractivity contribution in [2.45, 2.75) is 0 Å². The van der Waals surface area contributed by atoms with Crippen molar-refractivity contribution in [3.63, 3.8) is 0 Å². The lowest BCUT2D eigenvalue weighted by atomic mass is 10.3. The molecule has 1 aromatic carbocycles. The molecule has 1 rings (SSSR count). The first-order chi connectivity index (χ1) is 9.38. The average Bonchev–Trinajstić information content (AvgIpc) is 2.38. The Morgan fingerprint density at radius 3 is 2.50 bits per heavy atom. The fraction of sp³-hybridized carbons (Fsp3) is 0.182. The number of carboxylic acids is 1. The quantitative estimate of drug-likeness (QED) is 0.634. The predicted molar refractivity (Wildman–Crippen MR) is 76.8 cm³/mol. The van der Waals surface area contributed by atoms with E-state index in [1.165, 1.54) is 6.07 Å². The highest BCUT2D eigenvalue weighted by atomic mass is 79.9. The van der Waals surface area contributed by atoms with Crippen molar-refractivity contribution >= 4 is 51.1 Å². The van der Waals surface area contributed by atoms with Crippen LogP contribution in [0.1, 0.15) is 0 Å². The van der Waals surface area contributed by atoms with Gasteiger partial charge in [-0.1, -0.05) is 11.6 Å². The van der Waals surface area contributed by atoms with Crippen molar-refractivity contribution in [2.75, 3.05) is 18.4 Å². The Labute approximate surface area is 127 Å². The largest absolute Gasteiger partial charge is 0.480 e. The monoisotopic (exact) mass is 363 g/mol. The van der Waals surface area contributed by atoms with Gasteiger partial charge in [-0.25, -0.2) is 4.79 Å². The van der Waals surface area contributed by atoms with Crippen LogP contribution in [-0.4, -0.2) is 36.1 Å². The van der Waals surface area contributed by atoms with Gasteiger partial charge in [0.25, 0.3) is 0 Å². The number of hydrogen-bond acceptors (Lipinski definition) is 3. The third kappa shape index (κ3) is 5.89. The summed E-state index contributed by atoms with van der Waals surface area (Å²) >= 11 is 9.07. The molecule has 0 saturated heterocycles. The van der Waals surface area contributed by atoms with Crippen molar-refractivity contribution in [3.05, 3.63) is 27.7 Å². The molecule has 7 nitrogen and oxygen atoms in total. The molecular formula is C11H11BrClN3O4. The minimum Gasteiger partial charge on any atom is -0.480 e. The topological polar surface area (TPSA) is 108 Å². The van der Waals surface area contributed by atoms with Gasteiger partial charge in [-0.2, -0.15) is 0 Å². The summed E-state index contributed by atoms with van der Waals surface area (Å²) in [6.07, 6.45) is 0. The molecule has 20 heavy (non-hydrogen) atoms. The normalized spacial score (nSPS) is 9.70. The molecule has 3 amide bonds. The zero-order valence-corrected chi connectivity index (χ0v) is 12.4. The van der Waals surface area contributed by atoms with Crippen molar-refractivity contribution < 1.29 is 19.5 Å². The fourth-order valence-electron chi connectivity index (χ4n) is 1.15. The predicted octanol–water partition coefficient (Wildman–Crippen LogP) is 1.42. The fourth-order valence-corrected chi connectivity index (χ4v) is 1.57. The molecule has 0 saturated carbocycles. The van der Waals surface area contributed by atoms with Gasteiger partial charge >= 0.3 is 12.0 Å². The zero-order valence-electron chi connectivity index (χ0n) is 10.1. The number of carboxylic acid groups (broad SMARTS) is 1. The first kappa shape index (κ1) is 16.3. The minimum atomic E-state index is -1.16. The van der Waals surface area contributed by atoms with Crippen molar-refractivity contribution in [2.24, 2.45) is 0 Å². The van der Waals surface area contributed by atoms with E-state index in [4.69, 9.17) is 16.7 Å². The summed E-state index contributed by atoms with van der Waals surface area (Å²) in [5.74, 6) is -1.76. The summed E-state index contributed by atoms with van der Waals surface area (Å²) in [5, 5.41) is 15.7. The van der Waals surface area contributed by atoms with Gasteiger partial charge in [0, 0.05) is 10.2 Å². The minimum absolute atomic E-state index is 0.330. The van der Waals surface area contributed by atoms with Crippen LogP contribution in [0.25, 0.3) is 0 Å². The summed E-state index contributed by atoms with van der Waals surface area (Å²) in [7, 11) is 0. The van der Waals surface area contributed by atoms with Gasteiger partial charge in [-0.3, -0.25) is 9.59 Å². The highest BCUT2D eigenvalue weighted by Gasteiger charge is 2.07. The van der Waals surface area contributed by atoms with E-state index in [2.05, 4.69) is 31.9 Å². The number of carbonyl (C=O) groups is 3. The third-order valence-corrected chi connectivity index (χ3v) is 3.26. The van der Waals surface area contributed by atoms with Crippen LogP contribution in [0, 0.1) is 0 Å². The van der Waals surface area contributed by atoms with E-state index in [9.17, 15) is 14.4 Å². The number of urea groups is 1. The number of nitrogens with one attached hydrogen (secondary N) is 3. The lowest BCUT2D eigenvalue weighted by molar-refractivity contribution is -0.137. The van der Waals surface area contributed by atoms with E-state index >= 15 is 0 Å². The molecule has 0 bridgehead atoms. The molecule has 0 aliphatic rings. The molecule has 0 unspecified atom stereocenters. The van der Waals surface area contributed by atoms with Crippen molar-refractivity contribution in [1.29, 1.82) is 0 Å². The highest BCUT2D eigenvalue weighted by Crippen LogP contribution is 2.25. The Bertz CT molecular complexity index is 538. The van der Waals surface area contributed by atoms with E-state index in [0.29, 0.717) is 15.2 Å². The molecule has 0 aliphatic heterocycles. The molecule has 9 heteroatoms. The second kappa shape index (κ2) is 7.71. The number of halogens is 2. The molecule has 0 radical (unpaired) electrons. The SMILES string of the molecule is O=C(O)CNC(=O)CNC(=O)Nc1ccc(Br)c(Cl)c1. The van der Waals surface area contributed by atoms with Gasteiger partial charge in [0.05, 0.1) is 11.6 Å². The van der Waals surface area contributed by atoms with E-state index in [-0.39, 0.29) is 6.54 Å². The number of aliphatic carboxylic acids is 1. The number of benzene rings is 1. The van der Waals surface area contributed by atoms with Gasteiger partial charge in [-0.05, 0) is 34.1 Å². The molecule has 0 heterocycles. The first-order valence-corrected chi connectivity index (χ1v) is 6.54. The molecule has 1 aromatic rings. The Kier molecular flexibility index (Phi) is 6.26. The molecule has 0 aliphatic carbocycles. The molecular weight excluding hydrogens is 353 g/mol. The molecule has 0 spiro atoms. The summed E-state index contributed by atoms with van der Waals surface area (Å²) in [6.45, 7) is -0.826. The van der Waals surface area contributed by atoms with Crippen LogP contribution in [0.5, 0.6) is 0 Å². The summed E-state index contributed by atoms with van der Waals surface area (Å²) in [4.78, 5) is 32.8. The lowest BCUT2D eigenvalue weighted by Gasteiger charge is -2.08. The first-order valence-electron chi connectivity index (χ1n) is 5.37. The van der Waals surface area contributed by atoms with Gasteiger partial charge in [-0.15, -0.1) is 0 Å². The van der Waals surface area contributed by atoms with E-state index in [0.717, 1.165) is 0 Å². The van der Waals surface area contributed by atoms with Gasteiger partial charge < -0.3 is 21.1 Å². The van der Waals surface area contributed by atoms with Crippen LogP contribution in [0.4, 0.5) is 10.5 Å². The Hall–Kier alpha value is -1.80. The van der Waals surface area contributed by atoms with E-state index < -0.39 is 24.5 Å². The van der Waals surface area contributed by atoms with E-state index in [1.54, 1.807) is 12.1 Å². The number of carbonyl (C=O) groups excluding carboxylic acids is 2. The van der Waals surface area contributed by atoms with Crippen LogP contribution in [0.3, 0.4) is 0 Å². The maximum absolute atomic E-state index is 11.5. The van der Waals surface area contributed by atoms with Crippen LogP contribution in [-0.2, 0) is 9.59 Å². The van der Waals surface area contributed by atoms with Gasteiger partial charge in [0.2, 0.25) is 5.91 Å². The van der Waals surface area contributed by atoms with Crippen LogP contribution in [0.2, 0.25) is 5.02 Å². The number of anilines is 1. The smallest absolute Gasteiger partial charge is 0.322 e. The molecule has 4 N–H and O–H groups in total. The second-order valence-electron chi connectivity index (χ2n) is 3.61. The Morgan fingerprint density at radius 2 is 1.90 bits per heavy atom. The zero-order chi connectivity index (χ0) is 15.1. The maximum Gasteiger partial charge on any atom is 0.322 e. The number of amides is 3. The lowest BCUT2D eigenvalue weighted by Crippen LogP contribution is -2.40.